The lowest BCUT2D eigenvalue weighted by atomic mass is 9.75. The summed E-state index contributed by atoms with van der Waals surface area (Å²) in [5, 5.41) is 16.1. The molecule has 6 heteroatoms. The largest absolute Gasteiger partial charge is 0.381 e. The Bertz CT molecular complexity index is 540. The van der Waals surface area contributed by atoms with Crippen LogP contribution in [0.5, 0.6) is 0 Å². The van der Waals surface area contributed by atoms with Gasteiger partial charge in [-0.15, -0.1) is 12.3 Å². The summed E-state index contributed by atoms with van der Waals surface area (Å²) in [5.74, 6) is 2.71. The van der Waals surface area contributed by atoms with E-state index in [4.69, 9.17) is 12.2 Å². The topological polar surface area (TPSA) is 104 Å². The summed E-state index contributed by atoms with van der Waals surface area (Å²) in [6, 6.07) is -1.07. The molecule has 1 saturated heterocycles. The van der Waals surface area contributed by atoms with Crippen LogP contribution < -0.4 is 16.4 Å². The van der Waals surface area contributed by atoms with Gasteiger partial charge in [-0.3, -0.25) is 9.59 Å². The fraction of sp³-hybridized carbons (Fsp3) is 0.778. The fourth-order valence-electron chi connectivity index (χ4n) is 3.65. The van der Waals surface area contributed by atoms with Gasteiger partial charge in [0.05, 0.1) is 12.1 Å². The molecule has 0 aromatic carbocycles. The summed E-state index contributed by atoms with van der Waals surface area (Å²) < 4.78 is 0. The number of hydrogen-bond acceptors (Lipinski definition) is 4. The third kappa shape index (κ3) is 4.08. The normalized spacial score (nSPS) is 31.8. The molecule has 0 spiro atoms. The van der Waals surface area contributed by atoms with Crippen LogP contribution in [0.25, 0.3) is 0 Å². The molecular weight excluding hydrogens is 306 g/mol. The van der Waals surface area contributed by atoms with Crippen LogP contribution in [0.1, 0.15) is 40.0 Å². The molecule has 1 heterocycles. The van der Waals surface area contributed by atoms with E-state index in [1.54, 1.807) is 0 Å². The number of amides is 2. The lowest BCUT2D eigenvalue weighted by Gasteiger charge is -2.32. The van der Waals surface area contributed by atoms with Crippen molar-refractivity contribution in [3.63, 3.8) is 0 Å². The van der Waals surface area contributed by atoms with E-state index in [-0.39, 0.29) is 11.8 Å². The number of rotatable bonds is 7. The van der Waals surface area contributed by atoms with Crippen molar-refractivity contribution in [1.29, 1.82) is 0 Å². The van der Waals surface area contributed by atoms with Crippen molar-refractivity contribution in [3.8, 4) is 12.3 Å². The summed E-state index contributed by atoms with van der Waals surface area (Å²) in [5.41, 5.74) is 4.82. The SMILES string of the molecule is C#CC(C)(C)[C@H]1CCN[C@@H]1C(=O)NC(C[C@H]1C[C@@H]1C)C(O)C(N)=O. The Kier molecular flexibility index (Phi) is 5.56. The summed E-state index contributed by atoms with van der Waals surface area (Å²) in [4.78, 5) is 24.1. The van der Waals surface area contributed by atoms with Crippen molar-refractivity contribution in [2.45, 2.75) is 58.2 Å². The maximum Gasteiger partial charge on any atom is 0.248 e. The Morgan fingerprint density at radius 2 is 2.12 bits per heavy atom. The van der Waals surface area contributed by atoms with Crippen LogP contribution in [-0.2, 0) is 9.59 Å². The van der Waals surface area contributed by atoms with Crippen molar-refractivity contribution in [2.75, 3.05) is 6.54 Å². The number of terminal acetylenes is 1. The molecule has 6 nitrogen and oxygen atoms in total. The third-order valence-electron chi connectivity index (χ3n) is 5.64. The van der Waals surface area contributed by atoms with Gasteiger partial charge in [0.1, 0.15) is 0 Å². The van der Waals surface area contributed by atoms with E-state index >= 15 is 0 Å². The summed E-state index contributed by atoms with van der Waals surface area (Å²) in [6.07, 6.45) is 6.67. The smallest absolute Gasteiger partial charge is 0.248 e. The average Bonchev–Trinajstić information content (AvgIpc) is 3.02. The zero-order chi connectivity index (χ0) is 18.1. The highest BCUT2D eigenvalue weighted by Crippen LogP contribution is 2.41. The first-order valence-corrected chi connectivity index (χ1v) is 8.66. The molecule has 0 aromatic heterocycles. The molecule has 134 valence electrons. The van der Waals surface area contributed by atoms with E-state index in [9.17, 15) is 14.7 Å². The van der Waals surface area contributed by atoms with Gasteiger partial charge in [-0.2, -0.15) is 0 Å². The highest BCUT2D eigenvalue weighted by atomic mass is 16.3. The predicted molar refractivity (Wildman–Crippen MR) is 91.5 cm³/mol. The van der Waals surface area contributed by atoms with Crippen LogP contribution in [0.3, 0.4) is 0 Å². The highest BCUT2D eigenvalue weighted by molar-refractivity contribution is 5.85. The van der Waals surface area contributed by atoms with Gasteiger partial charge >= 0.3 is 0 Å². The second-order valence-corrected chi connectivity index (χ2v) is 7.86. The van der Waals surface area contributed by atoms with Gasteiger partial charge in [-0.1, -0.05) is 6.92 Å². The van der Waals surface area contributed by atoms with E-state index in [1.165, 1.54) is 0 Å². The van der Waals surface area contributed by atoms with Gasteiger partial charge in [0.2, 0.25) is 11.8 Å². The number of nitrogens with two attached hydrogens (primary N) is 1. The number of aliphatic hydroxyl groups is 1. The number of carbonyl (C=O) groups is 2. The molecule has 0 aromatic rings. The van der Waals surface area contributed by atoms with Crippen molar-refractivity contribution < 1.29 is 14.7 Å². The Labute approximate surface area is 143 Å². The van der Waals surface area contributed by atoms with Crippen molar-refractivity contribution >= 4 is 11.8 Å². The summed E-state index contributed by atoms with van der Waals surface area (Å²) in [6.45, 7) is 6.74. The molecule has 2 amide bonds. The average molecular weight is 335 g/mol. The highest BCUT2D eigenvalue weighted by Gasteiger charge is 2.43. The van der Waals surface area contributed by atoms with Crippen molar-refractivity contribution in [3.05, 3.63) is 0 Å². The second-order valence-electron chi connectivity index (χ2n) is 7.86. The Balaban J connectivity index is 2.06. The first-order chi connectivity index (χ1) is 11.2. The standard InChI is InChI=1S/C18H29N3O3/c1-5-18(3,4)12-6-7-20-14(12)17(24)21-13(15(22)16(19)23)9-11-8-10(11)2/h1,10-15,20,22H,6-9H2,2-4H3,(H2,19,23)(H,21,24)/t10-,11+,12-,13?,14-,15?/m0/s1. The predicted octanol–water partition coefficient (Wildman–Crippen LogP) is 0.00100. The van der Waals surface area contributed by atoms with Crippen LogP contribution >= 0.6 is 0 Å². The number of nitrogens with one attached hydrogen (secondary N) is 2. The zero-order valence-corrected chi connectivity index (χ0v) is 14.7. The van der Waals surface area contributed by atoms with Crippen molar-refractivity contribution in [1.82, 2.24) is 10.6 Å². The van der Waals surface area contributed by atoms with E-state index in [1.807, 2.05) is 13.8 Å². The van der Waals surface area contributed by atoms with Crippen LogP contribution in [0.2, 0.25) is 0 Å². The molecular formula is C18H29N3O3. The first kappa shape index (κ1) is 18.8. The lowest BCUT2D eigenvalue weighted by Crippen LogP contribution is -2.55. The second kappa shape index (κ2) is 7.12. The molecule has 24 heavy (non-hydrogen) atoms. The third-order valence-corrected chi connectivity index (χ3v) is 5.64. The van der Waals surface area contributed by atoms with Gasteiger partial charge in [0, 0.05) is 11.3 Å². The molecule has 1 aliphatic heterocycles. The van der Waals surface area contributed by atoms with Gasteiger partial charge < -0.3 is 21.5 Å². The number of carbonyl (C=O) groups excluding carboxylic acids is 2. The van der Waals surface area contributed by atoms with Crippen LogP contribution in [-0.4, -0.2) is 41.7 Å². The Hall–Kier alpha value is -1.58. The molecule has 0 radical (unpaired) electrons. The molecule has 6 atom stereocenters. The summed E-state index contributed by atoms with van der Waals surface area (Å²) in [7, 11) is 0. The van der Waals surface area contributed by atoms with E-state index in [2.05, 4.69) is 23.5 Å². The van der Waals surface area contributed by atoms with E-state index in [0.29, 0.717) is 18.3 Å². The quantitative estimate of drug-likeness (QED) is 0.492. The summed E-state index contributed by atoms with van der Waals surface area (Å²) >= 11 is 0. The molecule has 5 N–H and O–H groups in total. The van der Waals surface area contributed by atoms with Gasteiger partial charge in [-0.05, 0) is 51.5 Å². The maximum atomic E-state index is 12.7. The minimum absolute atomic E-state index is 0.00807. The van der Waals surface area contributed by atoms with Crippen LogP contribution in [0, 0.1) is 35.5 Å². The molecule has 2 rings (SSSR count). The maximum absolute atomic E-state index is 12.7. The molecule has 2 aliphatic rings. The molecule has 2 fully saturated rings. The number of primary amides is 1. The van der Waals surface area contributed by atoms with E-state index in [0.717, 1.165) is 19.4 Å². The lowest BCUT2D eigenvalue weighted by molar-refractivity contribution is -0.130. The molecule has 1 aliphatic carbocycles. The minimum atomic E-state index is -1.37. The first-order valence-electron chi connectivity index (χ1n) is 8.66. The van der Waals surface area contributed by atoms with Gasteiger partial charge in [-0.25, -0.2) is 0 Å². The van der Waals surface area contributed by atoms with Crippen molar-refractivity contribution in [2.24, 2.45) is 28.9 Å². The fourth-order valence-corrected chi connectivity index (χ4v) is 3.65. The molecule has 1 saturated carbocycles. The van der Waals surface area contributed by atoms with Crippen LogP contribution in [0.15, 0.2) is 0 Å². The van der Waals surface area contributed by atoms with Gasteiger partial charge in [0.15, 0.2) is 6.10 Å². The molecule has 0 bridgehead atoms. The Morgan fingerprint density at radius 3 is 2.62 bits per heavy atom. The Morgan fingerprint density at radius 1 is 1.50 bits per heavy atom. The zero-order valence-electron chi connectivity index (χ0n) is 14.7. The van der Waals surface area contributed by atoms with Gasteiger partial charge in [0.25, 0.3) is 0 Å². The number of hydrogen-bond donors (Lipinski definition) is 4. The van der Waals surface area contributed by atoms with E-state index < -0.39 is 29.5 Å². The minimum Gasteiger partial charge on any atom is -0.381 e. The van der Waals surface area contributed by atoms with Crippen LogP contribution in [0.4, 0.5) is 0 Å². The number of aliphatic hydroxyl groups excluding tert-OH is 1. The molecule has 2 unspecified atom stereocenters. The monoisotopic (exact) mass is 335 g/mol.